The molecule has 0 amide bonds. The molecule has 0 nitrogen and oxygen atoms in total. The van der Waals surface area contributed by atoms with Crippen molar-refractivity contribution in [3.8, 4) is 0 Å². The van der Waals surface area contributed by atoms with Gasteiger partial charge < -0.3 is 0 Å². The van der Waals surface area contributed by atoms with Crippen LogP contribution in [0.1, 0.15) is 26.2 Å². The molecule has 0 saturated heterocycles. The van der Waals surface area contributed by atoms with Crippen LogP contribution in [0.3, 0.4) is 0 Å². The van der Waals surface area contributed by atoms with Gasteiger partial charge in [-0.05, 0) is 0 Å². The van der Waals surface area contributed by atoms with Crippen LogP contribution in [0.4, 0.5) is 0 Å². The van der Waals surface area contributed by atoms with Gasteiger partial charge >= 0.3 is 149 Å². The molecule has 0 spiro atoms. The quantitative estimate of drug-likeness (QED) is 0.424. The van der Waals surface area contributed by atoms with Crippen LogP contribution in [0.2, 0.25) is 5.21 Å². The molecule has 3 rings (SSSR count). The number of unbranched alkanes of at least 4 members (excludes halogenated alkanes) is 2. The molecule has 0 aliphatic rings. The second-order valence-electron chi connectivity index (χ2n) is 6.25. The Kier molecular flexibility index (Phi) is 5.94. The maximum atomic E-state index is 2.36. The van der Waals surface area contributed by atoms with Crippen molar-refractivity contribution in [2.75, 3.05) is 0 Å². The molecule has 0 bridgehead atoms. The predicted octanol–water partition coefficient (Wildman–Crippen LogP) is 4.35. The van der Waals surface area contributed by atoms with Crippen molar-refractivity contribution in [2.45, 2.75) is 31.4 Å². The van der Waals surface area contributed by atoms with E-state index in [-0.39, 0.29) is 0 Å². The minimum absolute atomic E-state index is 1.27. The summed E-state index contributed by atoms with van der Waals surface area (Å²) >= 11 is -2.41. The Bertz CT molecular complexity index is 623. The van der Waals surface area contributed by atoms with Crippen molar-refractivity contribution in [3.05, 3.63) is 91.0 Å². The van der Waals surface area contributed by atoms with E-state index in [1.54, 1.807) is 13.1 Å². The molecule has 122 valence electrons. The summed E-state index contributed by atoms with van der Waals surface area (Å²) in [5.74, 6) is 0. The summed E-state index contributed by atoms with van der Waals surface area (Å²) in [5.41, 5.74) is 0. The van der Waals surface area contributed by atoms with E-state index in [1.165, 1.54) is 24.5 Å². The fourth-order valence-electron chi connectivity index (χ4n) is 3.48. The molecular weight excluding hydrogens is 351 g/mol. The van der Waals surface area contributed by atoms with Gasteiger partial charge in [0.25, 0.3) is 0 Å². The van der Waals surface area contributed by atoms with Gasteiger partial charge in [-0.2, -0.15) is 0 Å². The Morgan fingerprint density at radius 2 is 0.917 bits per heavy atom. The average Bonchev–Trinajstić information content (AvgIpc) is 2.68. The third-order valence-corrected chi connectivity index (χ3v) is 14.2. The van der Waals surface area contributed by atoms with Crippen molar-refractivity contribution < 1.29 is 0 Å². The Morgan fingerprint density at radius 1 is 0.542 bits per heavy atom. The number of hydrogen-bond donors (Lipinski definition) is 0. The van der Waals surface area contributed by atoms with E-state index in [4.69, 9.17) is 0 Å². The summed E-state index contributed by atoms with van der Waals surface area (Å²) in [4.78, 5) is 0. The summed E-state index contributed by atoms with van der Waals surface area (Å²) in [5, 5.41) is 1.31. The number of rotatable bonds is 7. The van der Waals surface area contributed by atoms with Crippen LogP contribution in [0.5, 0.6) is 0 Å². The van der Waals surface area contributed by atoms with Crippen LogP contribution in [-0.4, -0.2) is 13.6 Å². The van der Waals surface area contributed by atoms with Crippen molar-refractivity contribution in [3.63, 3.8) is 0 Å². The van der Waals surface area contributed by atoms with Gasteiger partial charge in [-0.1, -0.05) is 0 Å². The fraction of sp³-hybridized carbons (Fsp3) is 0.217. The molecule has 0 heterocycles. The van der Waals surface area contributed by atoms with Gasteiger partial charge in [0.1, 0.15) is 0 Å². The predicted molar refractivity (Wildman–Crippen MR) is 108 cm³/mol. The molecule has 3 aromatic rings. The first-order chi connectivity index (χ1) is 11.9. The third kappa shape index (κ3) is 3.50. The van der Waals surface area contributed by atoms with Crippen LogP contribution in [0.15, 0.2) is 91.0 Å². The molecule has 0 aliphatic carbocycles. The van der Waals surface area contributed by atoms with Crippen molar-refractivity contribution in [1.82, 2.24) is 0 Å². The third-order valence-electron chi connectivity index (χ3n) is 4.69. The van der Waals surface area contributed by atoms with E-state index in [2.05, 4.69) is 97.9 Å². The molecule has 0 radical (unpaired) electrons. The van der Waals surface area contributed by atoms with E-state index in [0.717, 1.165) is 0 Å². The second kappa shape index (κ2) is 8.36. The van der Waals surface area contributed by atoms with Gasteiger partial charge in [0.15, 0.2) is 0 Å². The standard InChI is InChI=1S/C23H26As/c1-2-3-13-20-24(21-14-7-4-8-15-21,22-16-9-5-10-17-22)23-18-11-6-12-19-23/h4-12,14-19H,2-3,13,20H2,1H3/q+1. The zero-order valence-corrected chi connectivity index (χ0v) is 16.3. The molecular formula is C23H26As+. The van der Waals surface area contributed by atoms with E-state index >= 15 is 0 Å². The molecule has 0 atom stereocenters. The van der Waals surface area contributed by atoms with Crippen LogP contribution >= 0.6 is 0 Å². The molecule has 0 fully saturated rings. The summed E-state index contributed by atoms with van der Waals surface area (Å²) in [6.07, 6.45) is 3.89. The molecule has 0 aromatic heterocycles. The average molecular weight is 377 g/mol. The van der Waals surface area contributed by atoms with E-state index in [1.807, 2.05) is 0 Å². The maximum absolute atomic E-state index is 2.41. The SMILES string of the molecule is CCCCC[As+](c1ccccc1)(c1ccccc1)c1ccccc1. The summed E-state index contributed by atoms with van der Waals surface area (Å²) < 4.78 is 4.68. The van der Waals surface area contributed by atoms with Gasteiger partial charge in [0.2, 0.25) is 0 Å². The Hall–Kier alpha value is -1.78. The van der Waals surface area contributed by atoms with E-state index < -0.39 is 13.6 Å². The normalized spacial score (nSPS) is 11.4. The van der Waals surface area contributed by atoms with Crippen LogP contribution in [-0.2, 0) is 0 Å². The molecule has 0 N–H and O–H groups in total. The molecule has 0 unspecified atom stereocenters. The molecule has 24 heavy (non-hydrogen) atoms. The van der Waals surface area contributed by atoms with Gasteiger partial charge in [-0.15, -0.1) is 0 Å². The summed E-state index contributed by atoms with van der Waals surface area (Å²) in [6, 6.07) is 33.8. The first kappa shape index (κ1) is 17.1. The van der Waals surface area contributed by atoms with Crippen LogP contribution in [0, 0.1) is 0 Å². The summed E-state index contributed by atoms with van der Waals surface area (Å²) in [6.45, 7) is 2.29. The fourth-order valence-corrected chi connectivity index (χ4v) is 12.7. The van der Waals surface area contributed by atoms with Crippen molar-refractivity contribution >= 4 is 26.6 Å². The topological polar surface area (TPSA) is 0 Å². The number of benzene rings is 3. The zero-order valence-electron chi connectivity index (χ0n) is 14.4. The van der Waals surface area contributed by atoms with E-state index in [0.29, 0.717) is 0 Å². The Labute approximate surface area is 149 Å². The molecule has 3 aromatic carbocycles. The first-order valence-corrected chi connectivity index (χ1v) is 13.1. The van der Waals surface area contributed by atoms with Crippen LogP contribution in [0.25, 0.3) is 0 Å². The van der Waals surface area contributed by atoms with E-state index in [9.17, 15) is 0 Å². The van der Waals surface area contributed by atoms with Gasteiger partial charge in [0, 0.05) is 0 Å². The summed E-state index contributed by atoms with van der Waals surface area (Å²) in [7, 11) is 0. The van der Waals surface area contributed by atoms with Gasteiger partial charge in [-0.25, -0.2) is 0 Å². The van der Waals surface area contributed by atoms with Crippen molar-refractivity contribution in [2.24, 2.45) is 0 Å². The second-order valence-corrected chi connectivity index (χ2v) is 13.8. The zero-order chi connectivity index (χ0) is 16.7. The van der Waals surface area contributed by atoms with Crippen LogP contribution < -0.4 is 13.1 Å². The van der Waals surface area contributed by atoms with Gasteiger partial charge in [-0.3, -0.25) is 0 Å². The number of hydrogen-bond acceptors (Lipinski definition) is 0. The Balaban J connectivity index is 2.20. The monoisotopic (exact) mass is 377 g/mol. The minimum atomic E-state index is -2.41. The Morgan fingerprint density at radius 3 is 1.25 bits per heavy atom. The van der Waals surface area contributed by atoms with Crippen molar-refractivity contribution in [1.29, 1.82) is 0 Å². The molecule has 0 saturated carbocycles. The van der Waals surface area contributed by atoms with Gasteiger partial charge in [0.05, 0.1) is 0 Å². The molecule has 0 aliphatic heterocycles. The molecule has 1 heteroatoms. The first-order valence-electron chi connectivity index (χ1n) is 8.93.